The number of halogens is 1. The van der Waals surface area contributed by atoms with Crippen LogP contribution in [0, 0.1) is 6.92 Å². The van der Waals surface area contributed by atoms with Crippen molar-refractivity contribution in [1.82, 2.24) is 9.66 Å². The van der Waals surface area contributed by atoms with Crippen molar-refractivity contribution in [3.63, 3.8) is 0 Å². The molecule has 2 N–H and O–H groups in total. The third-order valence-electron chi connectivity index (χ3n) is 6.21. The minimum Gasteiger partial charge on any atom is -0.496 e. The number of ether oxygens (including phenoxy) is 3. The Hall–Kier alpha value is -4.18. The lowest BCUT2D eigenvalue weighted by Crippen LogP contribution is -2.21. The third-order valence-corrected chi connectivity index (χ3v) is 6.80. The molecule has 0 aliphatic carbocycles. The van der Waals surface area contributed by atoms with Gasteiger partial charge in [-0.25, -0.2) is 4.98 Å². The Balaban J connectivity index is 1.90. The summed E-state index contributed by atoms with van der Waals surface area (Å²) in [5.41, 5.74) is 8.80. The average molecular weight is 608 g/mol. The number of fused-ring (bicyclic) bond motifs is 1. The van der Waals surface area contributed by atoms with Crippen LogP contribution in [0.4, 0.5) is 0 Å². The van der Waals surface area contributed by atoms with E-state index in [1.54, 1.807) is 37.6 Å². The first-order valence-corrected chi connectivity index (χ1v) is 13.6. The summed E-state index contributed by atoms with van der Waals surface area (Å²) in [5.74, 6) is 1.51. The molecule has 208 valence electrons. The van der Waals surface area contributed by atoms with Gasteiger partial charge in [-0.2, -0.15) is 9.78 Å². The van der Waals surface area contributed by atoms with Crippen molar-refractivity contribution < 1.29 is 19.0 Å². The number of amides is 1. The van der Waals surface area contributed by atoms with Crippen LogP contribution in [0.5, 0.6) is 17.2 Å². The molecule has 0 spiro atoms. The van der Waals surface area contributed by atoms with E-state index in [0.717, 1.165) is 22.4 Å². The minimum absolute atomic E-state index is 0.183. The SMILES string of the molecule is CCOc1cc(C=Nn2c(-c3cc(C(C)C)c(OC)cc3C)nc3ccccc3c2=O)cc(Br)c1OCC(N)=O. The van der Waals surface area contributed by atoms with Gasteiger partial charge in [-0.1, -0.05) is 26.0 Å². The van der Waals surface area contributed by atoms with Crippen molar-refractivity contribution >= 4 is 39.0 Å². The molecule has 1 aromatic heterocycles. The normalized spacial score (nSPS) is 11.4. The van der Waals surface area contributed by atoms with Crippen LogP contribution in [0.1, 0.15) is 43.4 Å². The fourth-order valence-corrected chi connectivity index (χ4v) is 4.88. The standard InChI is InChI=1S/C30H31BrN4O5/c1-6-39-26-13-19(12-23(31)28(26)40-16-27(32)36)15-33-35-29(34-24-10-8-7-9-20(24)30(35)37)22-14-21(17(2)3)25(38-5)11-18(22)4/h7-15,17H,6,16H2,1-5H3,(H2,32,36). The second-order valence-corrected chi connectivity index (χ2v) is 10.3. The number of hydrogen-bond acceptors (Lipinski definition) is 7. The largest absolute Gasteiger partial charge is 0.496 e. The quantitative estimate of drug-likeness (QED) is 0.241. The number of rotatable bonds is 10. The van der Waals surface area contributed by atoms with E-state index in [2.05, 4.69) is 34.9 Å². The molecule has 9 nitrogen and oxygen atoms in total. The number of carbonyl (C=O) groups excluding carboxylic acids is 1. The molecule has 0 atom stereocenters. The number of hydrogen-bond donors (Lipinski definition) is 1. The van der Waals surface area contributed by atoms with Gasteiger partial charge in [-0.05, 0) is 88.8 Å². The Morgan fingerprint density at radius 1 is 1.15 bits per heavy atom. The molecule has 0 aliphatic heterocycles. The smallest absolute Gasteiger partial charge is 0.282 e. The number of primary amides is 1. The second kappa shape index (κ2) is 12.3. The lowest BCUT2D eigenvalue weighted by atomic mass is 9.96. The maximum absolute atomic E-state index is 13.7. The average Bonchev–Trinajstić information content (AvgIpc) is 2.91. The van der Waals surface area contributed by atoms with Gasteiger partial charge in [0.2, 0.25) is 0 Å². The summed E-state index contributed by atoms with van der Waals surface area (Å²) in [6, 6.07) is 14.6. The monoisotopic (exact) mass is 606 g/mol. The first-order valence-electron chi connectivity index (χ1n) is 12.8. The maximum atomic E-state index is 13.7. The maximum Gasteiger partial charge on any atom is 0.282 e. The molecule has 40 heavy (non-hydrogen) atoms. The predicted octanol–water partition coefficient (Wildman–Crippen LogP) is 5.41. The molecule has 0 radical (unpaired) electrons. The number of benzene rings is 3. The summed E-state index contributed by atoms with van der Waals surface area (Å²) in [6.07, 6.45) is 1.55. The highest BCUT2D eigenvalue weighted by Crippen LogP contribution is 2.37. The van der Waals surface area contributed by atoms with E-state index in [9.17, 15) is 9.59 Å². The first kappa shape index (κ1) is 28.8. The van der Waals surface area contributed by atoms with Crippen LogP contribution in [0.3, 0.4) is 0 Å². The highest BCUT2D eigenvalue weighted by Gasteiger charge is 2.19. The summed E-state index contributed by atoms with van der Waals surface area (Å²) >= 11 is 3.48. The number of aryl methyl sites for hydroxylation is 1. The van der Waals surface area contributed by atoms with Crippen molar-refractivity contribution in [2.45, 2.75) is 33.6 Å². The predicted molar refractivity (Wildman–Crippen MR) is 160 cm³/mol. The highest BCUT2D eigenvalue weighted by atomic mass is 79.9. The van der Waals surface area contributed by atoms with Crippen molar-refractivity contribution in [2.75, 3.05) is 20.3 Å². The van der Waals surface area contributed by atoms with Gasteiger partial charge in [0.05, 0.1) is 35.3 Å². The molecule has 1 amide bonds. The molecule has 4 rings (SSSR count). The number of nitrogens with zero attached hydrogens (tertiary/aromatic N) is 3. The molecular formula is C30H31BrN4O5. The third kappa shape index (κ3) is 6.02. The van der Waals surface area contributed by atoms with Crippen LogP contribution in [-0.2, 0) is 4.79 Å². The molecular weight excluding hydrogens is 576 g/mol. The number of methoxy groups -OCH3 is 1. The fourth-order valence-electron chi connectivity index (χ4n) is 4.31. The topological polar surface area (TPSA) is 118 Å². The van der Waals surface area contributed by atoms with Crippen molar-refractivity contribution in [3.8, 4) is 28.6 Å². The molecule has 3 aromatic carbocycles. The van der Waals surface area contributed by atoms with Gasteiger partial charge in [0.1, 0.15) is 5.75 Å². The van der Waals surface area contributed by atoms with Gasteiger partial charge in [0, 0.05) is 5.56 Å². The molecule has 0 bridgehead atoms. The van der Waals surface area contributed by atoms with Gasteiger partial charge in [-0.15, -0.1) is 0 Å². The van der Waals surface area contributed by atoms with Crippen LogP contribution in [0.15, 0.2) is 62.9 Å². The van der Waals surface area contributed by atoms with Crippen LogP contribution in [-0.4, -0.2) is 42.1 Å². The molecule has 0 aliphatic rings. The Kier molecular flexibility index (Phi) is 8.89. The van der Waals surface area contributed by atoms with Crippen molar-refractivity contribution in [1.29, 1.82) is 0 Å². The van der Waals surface area contributed by atoms with E-state index in [4.69, 9.17) is 24.9 Å². The Morgan fingerprint density at radius 3 is 2.58 bits per heavy atom. The second-order valence-electron chi connectivity index (χ2n) is 9.40. The van der Waals surface area contributed by atoms with E-state index in [0.29, 0.717) is 44.9 Å². The molecule has 1 heterocycles. The minimum atomic E-state index is -0.606. The zero-order chi connectivity index (χ0) is 29.0. The van der Waals surface area contributed by atoms with Crippen LogP contribution in [0.25, 0.3) is 22.3 Å². The summed E-state index contributed by atoms with van der Waals surface area (Å²) in [5, 5.41) is 5.05. The molecule has 4 aromatic rings. The van der Waals surface area contributed by atoms with Crippen LogP contribution < -0.4 is 25.5 Å². The number of aromatic nitrogens is 2. The summed E-state index contributed by atoms with van der Waals surface area (Å²) in [4.78, 5) is 29.8. The van der Waals surface area contributed by atoms with Crippen molar-refractivity contribution in [2.24, 2.45) is 10.8 Å². The zero-order valence-corrected chi connectivity index (χ0v) is 24.6. The van der Waals surface area contributed by atoms with E-state index in [1.165, 1.54) is 4.68 Å². The van der Waals surface area contributed by atoms with Gasteiger partial charge in [0.25, 0.3) is 11.5 Å². The molecule has 10 heteroatoms. The van der Waals surface area contributed by atoms with Gasteiger partial charge >= 0.3 is 0 Å². The molecule has 0 saturated heterocycles. The zero-order valence-electron chi connectivity index (χ0n) is 23.0. The van der Waals surface area contributed by atoms with Crippen LogP contribution in [0.2, 0.25) is 0 Å². The number of nitrogens with two attached hydrogens (primary N) is 1. The van der Waals surface area contributed by atoms with Crippen LogP contribution >= 0.6 is 15.9 Å². The van der Waals surface area contributed by atoms with Gasteiger partial charge in [-0.3, -0.25) is 9.59 Å². The van der Waals surface area contributed by atoms with E-state index >= 15 is 0 Å². The lowest BCUT2D eigenvalue weighted by molar-refractivity contribution is -0.119. The number of carbonyl (C=O) groups is 1. The first-order chi connectivity index (χ1) is 19.1. The van der Waals surface area contributed by atoms with Gasteiger partial charge in [0.15, 0.2) is 23.9 Å². The van der Waals surface area contributed by atoms with E-state index in [-0.39, 0.29) is 18.1 Å². The summed E-state index contributed by atoms with van der Waals surface area (Å²) in [6.45, 7) is 8.02. The van der Waals surface area contributed by atoms with E-state index in [1.807, 2.05) is 38.1 Å². The fraction of sp³-hybridized carbons (Fsp3) is 0.267. The Bertz CT molecular complexity index is 1660. The van der Waals surface area contributed by atoms with E-state index < -0.39 is 5.91 Å². The highest BCUT2D eigenvalue weighted by molar-refractivity contribution is 9.10. The summed E-state index contributed by atoms with van der Waals surface area (Å²) in [7, 11) is 1.65. The number of para-hydroxylation sites is 1. The Labute approximate surface area is 240 Å². The molecule has 0 saturated carbocycles. The van der Waals surface area contributed by atoms with Crippen molar-refractivity contribution in [3.05, 3.63) is 80.0 Å². The summed E-state index contributed by atoms with van der Waals surface area (Å²) < 4.78 is 18.7. The Morgan fingerprint density at radius 2 is 1.90 bits per heavy atom. The van der Waals surface area contributed by atoms with Gasteiger partial charge < -0.3 is 19.9 Å². The lowest BCUT2D eigenvalue weighted by Gasteiger charge is -2.17. The molecule has 0 fully saturated rings. The molecule has 0 unspecified atom stereocenters.